The molecule has 4 rings (SSSR count). The highest BCUT2D eigenvalue weighted by Crippen LogP contribution is 2.65. The van der Waals surface area contributed by atoms with Crippen molar-refractivity contribution in [2.45, 2.75) is 144 Å². The molecule has 2 saturated heterocycles. The minimum absolute atomic E-state index is 0.0362. The van der Waals surface area contributed by atoms with Gasteiger partial charge in [-0.05, 0) is 54.3 Å². The molecule has 4 amide bonds. The van der Waals surface area contributed by atoms with Gasteiger partial charge in [-0.2, -0.15) is 0 Å². The molecule has 2 aliphatic carbocycles. The van der Waals surface area contributed by atoms with Crippen LogP contribution >= 0.6 is 0 Å². The number of likely N-dealkylation sites (tertiary alicyclic amines) is 2. The number of Topliss-reactive ketones (excluding diaryl/α,β-unsaturated/α-hetero) is 3. The minimum Gasteiger partial charge on any atom is -0.346 e. The summed E-state index contributed by atoms with van der Waals surface area (Å²) >= 11 is 0. The van der Waals surface area contributed by atoms with Crippen molar-refractivity contribution >= 4 is 41.0 Å². The Kier molecular flexibility index (Phi) is 14.4. The minimum atomic E-state index is -0.835. The van der Waals surface area contributed by atoms with Crippen molar-refractivity contribution in [3.63, 3.8) is 0 Å². The number of unbranched alkanes of at least 4 members (excludes halogenated alkanes) is 6. The van der Waals surface area contributed by atoms with E-state index in [1.807, 2.05) is 20.8 Å². The van der Waals surface area contributed by atoms with Crippen LogP contribution in [0.2, 0.25) is 0 Å². The topological polar surface area (TPSA) is 138 Å². The summed E-state index contributed by atoms with van der Waals surface area (Å²) in [5.41, 5.74) is -0.487. The second-order valence-corrected chi connectivity index (χ2v) is 18.4. The average molecular weight is 738 g/mol. The molecule has 0 aromatic rings. The molecular formula is C43H67N3O7. The van der Waals surface area contributed by atoms with Crippen molar-refractivity contribution in [1.82, 2.24) is 15.1 Å². The van der Waals surface area contributed by atoms with E-state index in [0.29, 0.717) is 19.4 Å². The molecule has 53 heavy (non-hydrogen) atoms. The Balaban J connectivity index is 1.49. The van der Waals surface area contributed by atoms with Crippen molar-refractivity contribution in [2.24, 2.45) is 52.3 Å². The summed E-state index contributed by atoms with van der Waals surface area (Å²) < 4.78 is 0. The van der Waals surface area contributed by atoms with Gasteiger partial charge in [-0.15, -0.1) is 6.58 Å². The molecule has 2 bridgehead atoms. The first-order chi connectivity index (χ1) is 24.9. The van der Waals surface area contributed by atoms with Crippen molar-refractivity contribution in [2.75, 3.05) is 19.6 Å². The first-order valence-electron chi connectivity index (χ1n) is 20.6. The summed E-state index contributed by atoms with van der Waals surface area (Å²) in [7, 11) is 0. The number of carbonyl (C=O) groups excluding carboxylic acids is 7. The van der Waals surface area contributed by atoms with E-state index in [1.54, 1.807) is 11.8 Å². The van der Waals surface area contributed by atoms with Gasteiger partial charge in [-0.3, -0.25) is 38.5 Å². The van der Waals surface area contributed by atoms with E-state index >= 15 is 0 Å². The predicted molar refractivity (Wildman–Crippen MR) is 204 cm³/mol. The second-order valence-electron chi connectivity index (χ2n) is 18.4. The summed E-state index contributed by atoms with van der Waals surface area (Å²) in [5, 5.41) is 2.49. The highest BCUT2D eigenvalue weighted by Gasteiger charge is 2.69. The van der Waals surface area contributed by atoms with Crippen LogP contribution in [0, 0.1) is 52.3 Å². The lowest BCUT2D eigenvalue weighted by Gasteiger charge is -2.37. The smallest absolute Gasteiger partial charge is 0.287 e. The number of nitrogens with zero attached hydrogens (tertiary/aromatic N) is 2. The maximum absolute atomic E-state index is 14.6. The van der Waals surface area contributed by atoms with Crippen LogP contribution in [-0.2, 0) is 33.6 Å². The van der Waals surface area contributed by atoms with Gasteiger partial charge in [0.05, 0.1) is 6.04 Å². The van der Waals surface area contributed by atoms with Crippen LogP contribution in [0.4, 0.5) is 0 Å². The Hall–Kier alpha value is -3.17. The lowest BCUT2D eigenvalue weighted by molar-refractivity contribution is -0.154. The fourth-order valence-corrected chi connectivity index (χ4v) is 9.43. The van der Waals surface area contributed by atoms with Crippen LogP contribution in [0.5, 0.6) is 0 Å². The van der Waals surface area contributed by atoms with E-state index in [0.717, 1.165) is 38.5 Å². The van der Waals surface area contributed by atoms with Gasteiger partial charge in [0.2, 0.25) is 23.5 Å². The number of hydrogen-bond acceptors (Lipinski definition) is 7. The Labute approximate surface area is 318 Å². The van der Waals surface area contributed by atoms with Crippen molar-refractivity contribution in [3.8, 4) is 0 Å². The van der Waals surface area contributed by atoms with E-state index in [1.165, 1.54) is 30.2 Å². The molecule has 0 aromatic carbocycles. The molecule has 4 aliphatic rings. The summed E-state index contributed by atoms with van der Waals surface area (Å²) in [6.45, 7) is 18.4. The average Bonchev–Trinajstić information content (AvgIpc) is 3.47. The molecule has 0 radical (unpaired) electrons. The zero-order chi connectivity index (χ0) is 39.2. The Morgan fingerprint density at radius 3 is 2.11 bits per heavy atom. The van der Waals surface area contributed by atoms with Crippen LogP contribution < -0.4 is 5.32 Å². The number of carbonyl (C=O) groups is 7. The summed E-state index contributed by atoms with van der Waals surface area (Å²) in [4.78, 5) is 97.3. The van der Waals surface area contributed by atoms with Gasteiger partial charge in [0.25, 0.3) is 5.91 Å². The summed E-state index contributed by atoms with van der Waals surface area (Å²) in [5.74, 6) is -3.90. The zero-order valence-corrected chi connectivity index (χ0v) is 33.7. The molecule has 10 nitrogen and oxygen atoms in total. The van der Waals surface area contributed by atoms with Crippen LogP contribution in [-0.4, -0.2) is 76.5 Å². The number of nitrogens with one attached hydrogen (secondary N) is 1. The van der Waals surface area contributed by atoms with Gasteiger partial charge < -0.3 is 10.2 Å². The second kappa shape index (κ2) is 18.0. The van der Waals surface area contributed by atoms with Gasteiger partial charge in [0, 0.05) is 62.6 Å². The standard InChI is InChI=1S/C43H67N3O7/c1-9-11-12-13-14-15-16-17-28(23-32(47)24-31(42(4,5)6)25-46-40(52)29-18-19-30(22-29)41(46)53)39(51)45-26-33-35(43(33,7)8)36(45)34(48)21-27(3)37(49)38(50)44-20-10-2/h10,27-31,33,35-36H,2,9,11-26H2,1,3-8H3,(H,44,50)/t27-,28-,29?,30?,31-,33+,35+,36-/m1/s1. The van der Waals surface area contributed by atoms with Gasteiger partial charge in [0.15, 0.2) is 5.78 Å². The third kappa shape index (κ3) is 10.1. The van der Waals surface area contributed by atoms with Crippen LogP contribution in [0.25, 0.3) is 0 Å². The summed E-state index contributed by atoms with van der Waals surface area (Å²) in [6, 6.07) is -0.700. The number of imide groups is 1. The normalized spacial score (nSPS) is 26.1. The van der Waals surface area contributed by atoms with E-state index in [9.17, 15) is 33.6 Å². The lowest BCUT2D eigenvalue weighted by Crippen LogP contribution is -2.50. The maximum atomic E-state index is 14.6. The Morgan fingerprint density at radius 2 is 1.53 bits per heavy atom. The Bertz CT molecular complexity index is 1390. The fraction of sp³-hybridized carbons (Fsp3) is 0.791. The van der Waals surface area contributed by atoms with Crippen molar-refractivity contribution < 1.29 is 33.6 Å². The first kappa shape index (κ1) is 42.6. The molecule has 1 N–H and O–H groups in total. The quantitative estimate of drug-likeness (QED) is 0.0581. The van der Waals surface area contributed by atoms with Gasteiger partial charge >= 0.3 is 0 Å². The van der Waals surface area contributed by atoms with E-state index in [4.69, 9.17) is 0 Å². The SMILES string of the molecule is C=CCNC(=O)C(=O)[C@H](C)CC(=O)[C@@H]1[C@@H]2[C@H](CN1C(=O)[C@H](CCCCCCCCC)CC(=O)C[C@H](CN1C(=O)C3CCC(C3)C1=O)C(C)(C)C)C2(C)C. The van der Waals surface area contributed by atoms with Crippen LogP contribution in [0.3, 0.4) is 0 Å². The number of ketones is 3. The number of hydrogen-bond donors (Lipinski definition) is 1. The molecule has 10 heteroatoms. The highest BCUT2D eigenvalue weighted by atomic mass is 16.2. The van der Waals surface area contributed by atoms with E-state index in [-0.39, 0.29) is 102 Å². The number of amides is 4. The summed E-state index contributed by atoms with van der Waals surface area (Å²) in [6.07, 6.45) is 11.7. The highest BCUT2D eigenvalue weighted by molar-refractivity contribution is 6.37. The van der Waals surface area contributed by atoms with Crippen molar-refractivity contribution in [3.05, 3.63) is 12.7 Å². The number of piperidine rings is 2. The van der Waals surface area contributed by atoms with E-state index < -0.39 is 29.6 Å². The Morgan fingerprint density at radius 1 is 0.925 bits per heavy atom. The molecule has 0 aromatic heterocycles. The fourth-order valence-electron chi connectivity index (χ4n) is 9.43. The van der Waals surface area contributed by atoms with Crippen LogP contribution in [0.15, 0.2) is 12.7 Å². The molecule has 2 unspecified atom stereocenters. The van der Waals surface area contributed by atoms with Gasteiger partial charge in [-0.25, -0.2) is 0 Å². The maximum Gasteiger partial charge on any atom is 0.287 e. The molecule has 4 fully saturated rings. The third-order valence-electron chi connectivity index (χ3n) is 13.2. The molecular weight excluding hydrogens is 670 g/mol. The molecule has 0 spiro atoms. The lowest BCUT2D eigenvalue weighted by atomic mass is 9.76. The molecule has 296 valence electrons. The van der Waals surface area contributed by atoms with Crippen molar-refractivity contribution in [1.29, 1.82) is 0 Å². The molecule has 2 heterocycles. The first-order valence-corrected chi connectivity index (χ1v) is 20.6. The zero-order valence-electron chi connectivity index (χ0n) is 33.7. The largest absolute Gasteiger partial charge is 0.346 e. The molecule has 8 atom stereocenters. The van der Waals surface area contributed by atoms with Gasteiger partial charge in [-0.1, -0.05) is 99.5 Å². The predicted octanol–water partition coefficient (Wildman–Crippen LogP) is 6.49. The third-order valence-corrected chi connectivity index (χ3v) is 13.2. The van der Waals surface area contributed by atoms with Gasteiger partial charge in [0.1, 0.15) is 5.78 Å². The monoisotopic (exact) mass is 737 g/mol. The molecule has 2 aliphatic heterocycles. The van der Waals surface area contributed by atoms with Crippen LogP contribution in [0.1, 0.15) is 138 Å². The number of fused-ring (bicyclic) bond motifs is 3. The number of rotatable bonds is 22. The molecule has 2 saturated carbocycles. The van der Waals surface area contributed by atoms with E-state index in [2.05, 4.69) is 32.7 Å².